The molecule has 36 heavy (non-hydrogen) atoms. The first-order valence-corrected chi connectivity index (χ1v) is 12.8. The zero-order chi connectivity index (χ0) is 24.2. The number of carbonyl (C=O) groups is 1. The first-order valence-electron chi connectivity index (χ1n) is 11.1. The number of methoxy groups -OCH3 is 1. The van der Waals surface area contributed by atoms with Gasteiger partial charge in [-0.05, 0) is 59.8 Å². The first kappa shape index (κ1) is 25.6. The zero-order valence-electron chi connectivity index (χ0n) is 19.5. The van der Waals surface area contributed by atoms with Gasteiger partial charge in [-0.3, -0.25) is 4.79 Å². The number of benzene rings is 3. The number of anilines is 2. The van der Waals surface area contributed by atoms with E-state index in [9.17, 15) is 4.79 Å². The lowest BCUT2D eigenvalue weighted by molar-refractivity contribution is 0.0952. The predicted molar refractivity (Wildman–Crippen MR) is 151 cm³/mol. The van der Waals surface area contributed by atoms with Gasteiger partial charge >= 0.3 is 0 Å². The number of amides is 1. The third-order valence-corrected chi connectivity index (χ3v) is 7.63. The van der Waals surface area contributed by atoms with Crippen molar-refractivity contribution < 1.29 is 9.53 Å². The molecule has 4 aromatic rings. The summed E-state index contributed by atoms with van der Waals surface area (Å²) >= 11 is 3.20. The van der Waals surface area contributed by atoms with Gasteiger partial charge in [0.05, 0.1) is 29.0 Å². The van der Waals surface area contributed by atoms with Gasteiger partial charge < -0.3 is 21.1 Å². The van der Waals surface area contributed by atoms with Crippen LogP contribution in [0, 0.1) is 0 Å². The first-order chi connectivity index (χ1) is 17.1. The lowest BCUT2D eigenvalue weighted by Crippen LogP contribution is -2.27. The highest BCUT2D eigenvalue weighted by molar-refractivity contribution is 7.99. The number of amidine groups is 1. The summed E-state index contributed by atoms with van der Waals surface area (Å²) in [4.78, 5) is 20.8. The number of para-hydroxylation sites is 1. The summed E-state index contributed by atoms with van der Waals surface area (Å²) in [7, 11) is 1.58. The van der Waals surface area contributed by atoms with Crippen molar-refractivity contribution in [3.63, 3.8) is 0 Å². The van der Waals surface area contributed by atoms with Crippen LogP contribution < -0.4 is 21.1 Å². The smallest absolute Gasteiger partial charge is 0.257 e. The highest BCUT2D eigenvalue weighted by Gasteiger charge is 2.25. The summed E-state index contributed by atoms with van der Waals surface area (Å²) in [6, 6.07) is 23.7. The number of nitrogens with one attached hydrogen (secondary N) is 2. The number of halogens is 1. The van der Waals surface area contributed by atoms with E-state index in [-0.39, 0.29) is 18.3 Å². The number of hydrogen-bond donors (Lipinski definition) is 3. The van der Waals surface area contributed by atoms with Crippen molar-refractivity contribution in [2.45, 2.75) is 16.2 Å². The summed E-state index contributed by atoms with van der Waals surface area (Å²) in [6.45, 7) is 0.495. The summed E-state index contributed by atoms with van der Waals surface area (Å²) in [6.07, 6.45) is 0.693. The molecule has 0 radical (unpaired) electrons. The third kappa shape index (κ3) is 5.51. The second kappa shape index (κ2) is 11.5. The molecule has 0 spiro atoms. The lowest BCUT2D eigenvalue weighted by atomic mass is 10.1. The monoisotopic (exact) mass is 536 g/mol. The minimum absolute atomic E-state index is 0. The summed E-state index contributed by atoms with van der Waals surface area (Å²) in [5.41, 5.74) is 10.2. The maximum absolute atomic E-state index is 13.2. The van der Waals surface area contributed by atoms with Crippen molar-refractivity contribution in [2.75, 3.05) is 19.0 Å². The van der Waals surface area contributed by atoms with Crippen molar-refractivity contribution in [2.24, 2.45) is 10.7 Å². The number of hydrogen-bond acceptors (Lipinski definition) is 6. The zero-order valence-corrected chi connectivity index (χ0v) is 21.9. The molecule has 1 amide bonds. The Hall–Kier alpha value is -3.46. The fourth-order valence-corrected chi connectivity index (χ4v) is 5.48. The molecule has 0 aliphatic carbocycles. The van der Waals surface area contributed by atoms with Crippen molar-refractivity contribution in [3.05, 3.63) is 94.2 Å². The number of aliphatic imine (C=N–C) groups is 1. The van der Waals surface area contributed by atoms with Crippen LogP contribution in [-0.4, -0.2) is 25.4 Å². The van der Waals surface area contributed by atoms with Crippen molar-refractivity contribution in [1.82, 2.24) is 5.32 Å². The summed E-state index contributed by atoms with van der Waals surface area (Å²) in [5.74, 6) is 0.880. The molecule has 184 valence electrons. The van der Waals surface area contributed by atoms with Gasteiger partial charge in [0.1, 0.15) is 17.1 Å². The molecular weight excluding hydrogens is 512 g/mol. The Balaban J connectivity index is 0.00000304. The molecule has 0 fully saturated rings. The second-order valence-corrected chi connectivity index (χ2v) is 9.92. The number of fused-ring (bicyclic) bond motifs is 2. The molecule has 5 rings (SSSR count). The molecule has 1 aliphatic rings. The number of carbonyl (C=O) groups excluding carboxylic acids is 1. The Morgan fingerprint density at radius 3 is 2.58 bits per heavy atom. The Morgan fingerprint density at radius 2 is 1.83 bits per heavy atom. The fraction of sp³-hybridized carbons (Fsp3) is 0.111. The third-order valence-electron chi connectivity index (χ3n) is 5.60. The second-order valence-electron chi connectivity index (χ2n) is 7.89. The summed E-state index contributed by atoms with van der Waals surface area (Å²) < 4.78 is 5.52. The Labute approximate surface area is 224 Å². The molecular formula is C27H25ClN4O2S2. The number of ether oxygens (including phenoxy) is 1. The minimum Gasteiger partial charge on any atom is -0.496 e. The predicted octanol–water partition coefficient (Wildman–Crippen LogP) is 6.40. The molecule has 1 aromatic heterocycles. The van der Waals surface area contributed by atoms with Gasteiger partial charge in [-0.2, -0.15) is 0 Å². The lowest BCUT2D eigenvalue weighted by Gasteiger charge is -2.24. The average molecular weight is 537 g/mol. The molecule has 0 unspecified atom stereocenters. The van der Waals surface area contributed by atoms with Crippen LogP contribution in [0.1, 0.15) is 20.8 Å². The van der Waals surface area contributed by atoms with Crippen LogP contribution in [0.3, 0.4) is 0 Å². The molecule has 0 bridgehead atoms. The van der Waals surface area contributed by atoms with Gasteiger partial charge in [0.2, 0.25) is 0 Å². The van der Waals surface area contributed by atoms with E-state index in [0.29, 0.717) is 30.1 Å². The van der Waals surface area contributed by atoms with Crippen molar-refractivity contribution in [3.8, 4) is 5.75 Å². The van der Waals surface area contributed by atoms with Gasteiger partial charge in [-0.15, -0.1) is 23.7 Å². The fourth-order valence-electron chi connectivity index (χ4n) is 3.85. The number of rotatable bonds is 7. The average Bonchev–Trinajstić information content (AvgIpc) is 3.43. The van der Waals surface area contributed by atoms with E-state index in [1.54, 1.807) is 30.2 Å². The standard InChI is InChI=1S/C27H24N4O2S2.ClH/c1-33-20-12-13-22-25(31-19-5-2-3-6-21(19)35-22)24(20)27(32)29-15-14-17-8-10-18(11-9-17)30-26(28)23-7-4-16-34-23;/h2-13,16,31H,14-15H2,1H3,(H2,28,30)(H,29,32);1H. The molecule has 3 aromatic carbocycles. The van der Waals surface area contributed by atoms with Gasteiger partial charge in [-0.25, -0.2) is 4.99 Å². The SMILES string of the molecule is COc1ccc2c(c1C(=O)NCCc1ccc(N=C(N)c3cccs3)cc1)Nc1ccccc1S2.Cl. The maximum atomic E-state index is 13.2. The van der Waals surface area contributed by atoms with Crippen LogP contribution in [0.25, 0.3) is 0 Å². The van der Waals surface area contributed by atoms with Crippen LogP contribution in [0.5, 0.6) is 5.75 Å². The highest BCUT2D eigenvalue weighted by Crippen LogP contribution is 2.47. The summed E-state index contributed by atoms with van der Waals surface area (Å²) in [5, 5.41) is 8.44. The Morgan fingerprint density at radius 1 is 1.03 bits per heavy atom. The maximum Gasteiger partial charge on any atom is 0.257 e. The largest absolute Gasteiger partial charge is 0.496 e. The van der Waals surface area contributed by atoms with Gasteiger partial charge in [0, 0.05) is 16.3 Å². The van der Waals surface area contributed by atoms with Crippen LogP contribution in [0.15, 0.2) is 93.0 Å². The van der Waals surface area contributed by atoms with E-state index in [0.717, 1.165) is 37.3 Å². The van der Waals surface area contributed by atoms with Crippen molar-refractivity contribution in [1.29, 1.82) is 0 Å². The molecule has 4 N–H and O–H groups in total. The molecule has 1 aliphatic heterocycles. The van der Waals surface area contributed by atoms with Crippen molar-refractivity contribution >= 4 is 64.3 Å². The van der Waals surface area contributed by atoms with E-state index < -0.39 is 0 Å². The van der Waals surface area contributed by atoms with E-state index in [2.05, 4.69) is 21.7 Å². The topological polar surface area (TPSA) is 88.7 Å². The van der Waals surface area contributed by atoms with E-state index in [4.69, 9.17) is 10.5 Å². The van der Waals surface area contributed by atoms with Gasteiger partial charge in [-0.1, -0.05) is 42.1 Å². The Kier molecular flexibility index (Phi) is 8.20. The number of thiophene rings is 1. The molecule has 0 atom stereocenters. The van der Waals surface area contributed by atoms with Crippen LogP contribution >= 0.6 is 35.5 Å². The van der Waals surface area contributed by atoms with E-state index in [1.165, 1.54) is 0 Å². The quantitative estimate of drug-likeness (QED) is 0.165. The molecule has 0 saturated carbocycles. The van der Waals surface area contributed by atoms with Crippen LogP contribution in [-0.2, 0) is 6.42 Å². The Bertz CT molecular complexity index is 1390. The highest BCUT2D eigenvalue weighted by atomic mass is 35.5. The van der Waals surface area contributed by atoms with E-state index >= 15 is 0 Å². The van der Waals surface area contributed by atoms with Crippen LogP contribution in [0.4, 0.5) is 17.1 Å². The van der Waals surface area contributed by atoms with Gasteiger partial charge in [0.25, 0.3) is 5.91 Å². The molecule has 0 saturated heterocycles. The molecule has 2 heterocycles. The molecule has 6 nitrogen and oxygen atoms in total. The minimum atomic E-state index is -0.170. The molecule has 9 heteroatoms. The number of nitrogens with two attached hydrogens (primary N) is 1. The van der Waals surface area contributed by atoms with Gasteiger partial charge in [0.15, 0.2) is 0 Å². The normalized spacial score (nSPS) is 12.0. The van der Waals surface area contributed by atoms with E-state index in [1.807, 2.05) is 72.1 Å². The van der Waals surface area contributed by atoms with Crippen LogP contribution in [0.2, 0.25) is 0 Å². The number of nitrogens with zero attached hydrogens (tertiary/aromatic N) is 1.